The second-order valence-electron chi connectivity index (χ2n) is 2.79. The number of hydrogen-bond acceptors (Lipinski definition) is 4. The Morgan fingerprint density at radius 3 is 2.29 bits per heavy atom. The summed E-state index contributed by atoms with van der Waals surface area (Å²) in [4.78, 5) is 20.9. The van der Waals surface area contributed by atoms with Crippen molar-refractivity contribution in [1.29, 1.82) is 0 Å². The van der Waals surface area contributed by atoms with Crippen LogP contribution in [-0.4, -0.2) is 41.5 Å². The van der Waals surface area contributed by atoms with E-state index in [4.69, 9.17) is 14.9 Å². The van der Waals surface area contributed by atoms with Gasteiger partial charge in [-0.3, -0.25) is 14.9 Å². The molecule has 6 heteroatoms. The van der Waals surface area contributed by atoms with E-state index in [9.17, 15) is 9.59 Å². The van der Waals surface area contributed by atoms with Crippen molar-refractivity contribution in [2.24, 2.45) is 0 Å². The summed E-state index contributed by atoms with van der Waals surface area (Å²) in [5.41, 5.74) is 0. The minimum Gasteiger partial charge on any atom is -0.481 e. The van der Waals surface area contributed by atoms with Crippen molar-refractivity contribution in [3.8, 4) is 0 Å². The van der Waals surface area contributed by atoms with Gasteiger partial charge < -0.3 is 14.9 Å². The lowest BCUT2D eigenvalue weighted by atomic mass is 10.2. The Labute approximate surface area is 81.9 Å². The van der Waals surface area contributed by atoms with E-state index < -0.39 is 30.6 Å². The van der Waals surface area contributed by atoms with Gasteiger partial charge in [0, 0.05) is 7.11 Å². The molecule has 82 valence electrons. The van der Waals surface area contributed by atoms with Crippen LogP contribution < -0.4 is 5.32 Å². The van der Waals surface area contributed by atoms with E-state index in [1.807, 2.05) is 0 Å². The number of aliphatic carboxylic acids is 2. The summed E-state index contributed by atoms with van der Waals surface area (Å²) in [6, 6.07) is -1.11. The highest BCUT2D eigenvalue weighted by atomic mass is 16.5. The van der Waals surface area contributed by atoms with Crippen LogP contribution in [0.3, 0.4) is 0 Å². The molecule has 3 N–H and O–H groups in total. The van der Waals surface area contributed by atoms with Crippen LogP contribution >= 0.6 is 0 Å². The minimum atomic E-state index is -1.19. The molecule has 0 aliphatic carbocycles. The smallest absolute Gasteiger partial charge is 0.321 e. The van der Waals surface area contributed by atoms with Crippen molar-refractivity contribution in [1.82, 2.24) is 5.32 Å². The van der Waals surface area contributed by atoms with Gasteiger partial charge in [-0.1, -0.05) is 6.92 Å². The van der Waals surface area contributed by atoms with Gasteiger partial charge in [-0.05, 0) is 6.42 Å². The fourth-order valence-electron chi connectivity index (χ4n) is 0.969. The normalized spacial score (nSPS) is 14.7. The van der Waals surface area contributed by atoms with Gasteiger partial charge in [-0.25, -0.2) is 0 Å². The maximum atomic E-state index is 10.6. The van der Waals surface area contributed by atoms with Crippen LogP contribution in [0, 0.1) is 0 Å². The van der Waals surface area contributed by atoms with E-state index in [1.54, 1.807) is 6.92 Å². The second-order valence-corrected chi connectivity index (χ2v) is 2.79. The molecule has 0 aliphatic rings. The highest BCUT2D eigenvalue weighted by molar-refractivity contribution is 5.80. The highest BCUT2D eigenvalue weighted by Gasteiger charge is 2.23. The third-order valence-corrected chi connectivity index (χ3v) is 1.72. The second kappa shape index (κ2) is 6.33. The number of nitrogens with one attached hydrogen (secondary N) is 1. The molecule has 0 rings (SSSR count). The molecule has 0 spiro atoms. The molecule has 0 fully saturated rings. The molecule has 0 saturated carbocycles. The lowest BCUT2D eigenvalue weighted by Crippen LogP contribution is -2.45. The predicted octanol–water partition coefficient (Wildman–Crippen LogP) is -0.114. The summed E-state index contributed by atoms with van der Waals surface area (Å²) in [6.07, 6.45) is -0.329. The fourth-order valence-corrected chi connectivity index (χ4v) is 0.969. The number of methoxy groups -OCH3 is 1. The molecular formula is C8H15NO5. The Balaban J connectivity index is 4.21. The molecule has 0 heterocycles. The Kier molecular flexibility index (Phi) is 5.82. The molecule has 0 aliphatic heterocycles. The quantitative estimate of drug-likeness (QED) is 0.502. The zero-order valence-corrected chi connectivity index (χ0v) is 8.19. The van der Waals surface area contributed by atoms with E-state index in [1.165, 1.54) is 7.11 Å². The molecule has 0 aromatic carbocycles. The average molecular weight is 205 g/mol. The van der Waals surface area contributed by atoms with Gasteiger partial charge in [0.1, 0.15) is 12.3 Å². The average Bonchev–Trinajstić information content (AvgIpc) is 2.11. The number of rotatable bonds is 7. The van der Waals surface area contributed by atoms with Crippen LogP contribution in [0.15, 0.2) is 0 Å². The molecule has 0 amide bonds. The number of ether oxygens (including phenoxy) is 1. The minimum absolute atomic E-state index is 0.435. The Morgan fingerprint density at radius 2 is 2.00 bits per heavy atom. The zero-order chi connectivity index (χ0) is 11.1. The van der Waals surface area contributed by atoms with Crippen molar-refractivity contribution in [2.75, 3.05) is 7.11 Å². The Bertz CT molecular complexity index is 202. The molecule has 14 heavy (non-hydrogen) atoms. The largest absolute Gasteiger partial charge is 0.481 e. The standard InChI is InChI=1S/C8H15NO5/c1-3-6(14-2)9-5(8(12)13)4-7(10)11/h5-6,9H,3-4H2,1-2H3,(H,10,11)(H,12,13). The third kappa shape index (κ3) is 4.78. The summed E-state index contributed by atoms with van der Waals surface area (Å²) in [5, 5.41) is 19.7. The predicted molar refractivity (Wildman–Crippen MR) is 47.9 cm³/mol. The summed E-state index contributed by atoms with van der Waals surface area (Å²) >= 11 is 0. The van der Waals surface area contributed by atoms with Crippen molar-refractivity contribution >= 4 is 11.9 Å². The topological polar surface area (TPSA) is 95.9 Å². The summed E-state index contributed by atoms with van der Waals surface area (Å²) in [7, 11) is 1.43. The number of hydrogen-bond donors (Lipinski definition) is 3. The first-order chi connectivity index (χ1) is 6.51. The van der Waals surface area contributed by atoms with Crippen molar-refractivity contribution in [3.05, 3.63) is 0 Å². The monoisotopic (exact) mass is 205 g/mol. The lowest BCUT2D eigenvalue weighted by Gasteiger charge is -2.19. The lowest BCUT2D eigenvalue weighted by molar-refractivity contribution is -0.147. The van der Waals surface area contributed by atoms with E-state index in [0.29, 0.717) is 6.42 Å². The Hall–Kier alpha value is -1.14. The van der Waals surface area contributed by atoms with Gasteiger partial charge in [0.05, 0.1) is 6.42 Å². The maximum Gasteiger partial charge on any atom is 0.321 e. The zero-order valence-electron chi connectivity index (χ0n) is 8.19. The first-order valence-corrected chi connectivity index (χ1v) is 4.24. The van der Waals surface area contributed by atoms with Gasteiger partial charge >= 0.3 is 11.9 Å². The van der Waals surface area contributed by atoms with Crippen LogP contribution in [0.2, 0.25) is 0 Å². The van der Waals surface area contributed by atoms with Crippen LogP contribution in [0.1, 0.15) is 19.8 Å². The fraction of sp³-hybridized carbons (Fsp3) is 0.750. The van der Waals surface area contributed by atoms with Crippen LogP contribution in [-0.2, 0) is 14.3 Å². The first kappa shape index (κ1) is 12.9. The summed E-state index contributed by atoms with van der Waals surface area (Å²) < 4.78 is 4.89. The van der Waals surface area contributed by atoms with E-state index in [2.05, 4.69) is 5.32 Å². The molecule has 0 radical (unpaired) electrons. The third-order valence-electron chi connectivity index (χ3n) is 1.72. The molecule has 6 nitrogen and oxygen atoms in total. The van der Waals surface area contributed by atoms with E-state index in [-0.39, 0.29) is 0 Å². The molecule has 0 saturated heterocycles. The van der Waals surface area contributed by atoms with Gasteiger partial charge in [0.25, 0.3) is 0 Å². The maximum absolute atomic E-state index is 10.6. The molecule has 2 atom stereocenters. The number of carboxylic acid groups (broad SMARTS) is 2. The Morgan fingerprint density at radius 1 is 1.43 bits per heavy atom. The molecule has 0 aromatic heterocycles. The highest BCUT2D eigenvalue weighted by Crippen LogP contribution is 1.99. The van der Waals surface area contributed by atoms with Crippen LogP contribution in [0.5, 0.6) is 0 Å². The molecule has 0 bridgehead atoms. The van der Waals surface area contributed by atoms with Gasteiger partial charge in [-0.2, -0.15) is 0 Å². The molecule has 2 unspecified atom stereocenters. The van der Waals surface area contributed by atoms with Crippen LogP contribution in [0.25, 0.3) is 0 Å². The van der Waals surface area contributed by atoms with E-state index in [0.717, 1.165) is 0 Å². The van der Waals surface area contributed by atoms with Gasteiger partial charge in [-0.15, -0.1) is 0 Å². The first-order valence-electron chi connectivity index (χ1n) is 4.24. The summed E-state index contributed by atoms with van der Waals surface area (Å²) in [6.45, 7) is 1.81. The molecule has 0 aromatic rings. The van der Waals surface area contributed by atoms with Gasteiger partial charge in [0.15, 0.2) is 0 Å². The van der Waals surface area contributed by atoms with Crippen molar-refractivity contribution < 1.29 is 24.5 Å². The van der Waals surface area contributed by atoms with Crippen molar-refractivity contribution in [2.45, 2.75) is 32.0 Å². The van der Waals surface area contributed by atoms with Crippen LogP contribution in [0.4, 0.5) is 0 Å². The number of carboxylic acids is 2. The van der Waals surface area contributed by atoms with E-state index >= 15 is 0 Å². The van der Waals surface area contributed by atoms with Crippen molar-refractivity contribution in [3.63, 3.8) is 0 Å². The number of carbonyl (C=O) groups is 2. The molecular weight excluding hydrogens is 190 g/mol. The SMILES string of the molecule is CCC(NC(CC(=O)O)C(=O)O)OC. The summed E-state index contributed by atoms with van der Waals surface area (Å²) in [5.74, 6) is -2.35. The van der Waals surface area contributed by atoms with Gasteiger partial charge in [0.2, 0.25) is 0 Å².